The van der Waals surface area contributed by atoms with Gasteiger partial charge in [0.1, 0.15) is 5.52 Å². The first-order valence-electron chi connectivity index (χ1n) is 10.3. The molecule has 1 aliphatic heterocycles. The van der Waals surface area contributed by atoms with Gasteiger partial charge in [0, 0.05) is 26.2 Å². The second-order valence-corrected chi connectivity index (χ2v) is 7.61. The first kappa shape index (κ1) is 18.1. The SMILES string of the molecule is c1ccc(C(c2ccccc2)N2CCN(Cc3nc4ccccc4o3)CC2)cc1. The van der Waals surface area contributed by atoms with E-state index in [1.165, 1.54) is 11.1 Å². The fourth-order valence-electron chi connectivity index (χ4n) is 4.24. The molecule has 29 heavy (non-hydrogen) atoms. The Labute approximate surface area is 171 Å². The molecule has 0 bridgehead atoms. The normalized spacial score (nSPS) is 15.9. The average Bonchev–Trinajstić information content (AvgIpc) is 3.19. The highest BCUT2D eigenvalue weighted by Gasteiger charge is 2.26. The molecule has 0 unspecified atom stereocenters. The van der Waals surface area contributed by atoms with Crippen molar-refractivity contribution in [3.8, 4) is 0 Å². The molecule has 0 atom stereocenters. The molecule has 0 aliphatic carbocycles. The van der Waals surface area contributed by atoms with E-state index >= 15 is 0 Å². The number of nitrogens with zero attached hydrogens (tertiary/aromatic N) is 3. The lowest BCUT2D eigenvalue weighted by molar-refractivity contribution is 0.0989. The molecule has 0 spiro atoms. The predicted octanol–water partition coefficient (Wildman–Crippen LogP) is 4.74. The van der Waals surface area contributed by atoms with Gasteiger partial charge in [0.25, 0.3) is 0 Å². The molecule has 0 amide bonds. The lowest BCUT2D eigenvalue weighted by atomic mass is 9.96. The fourth-order valence-corrected chi connectivity index (χ4v) is 4.24. The second-order valence-electron chi connectivity index (χ2n) is 7.61. The van der Waals surface area contributed by atoms with E-state index in [4.69, 9.17) is 4.42 Å². The molecule has 1 aliphatic rings. The van der Waals surface area contributed by atoms with Gasteiger partial charge >= 0.3 is 0 Å². The molecule has 146 valence electrons. The van der Waals surface area contributed by atoms with Gasteiger partial charge in [-0.25, -0.2) is 4.98 Å². The third-order valence-corrected chi connectivity index (χ3v) is 5.70. The monoisotopic (exact) mass is 383 g/mol. The summed E-state index contributed by atoms with van der Waals surface area (Å²) in [4.78, 5) is 9.66. The minimum absolute atomic E-state index is 0.295. The third kappa shape index (κ3) is 3.95. The standard InChI is InChI=1S/C25H25N3O/c1-3-9-20(10-4-1)25(21-11-5-2-6-12-21)28-17-15-27(16-18-28)19-24-26-22-13-7-8-14-23(22)29-24/h1-14,25H,15-19H2. The summed E-state index contributed by atoms with van der Waals surface area (Å²) in [5.41, 5.74) is 4.51. The Hall–Kier alpha value is -2.95. The van der Waals surface area contributed by atoms with Gasteiger partial charge in [-0.05, 0) is 23.3 Å². The highest BCUT2D eigenvalue weighted by atomic mass is 16.3. The number of para-hydroxylation sites is 2. The van der Waals surface area contributed by atoms with Gasteiger partial charge in [-0.3, -0.25) is 9.80 Å². The van der Waals surface area contributed by atoms with Crippen LogP contribution >= 0.6 is 0 Å². The number of aromatic nitrogens is 1. The zero-order valence-electron chi connectivity index (χ0n) is 16.4. The van der Waals surface area contributed by atoms with Crippen molar-refractivity contribution in [3.63, 3.8) is 0 Å². The Morgan fingerprint density at radius 1 is 0.724 bits per heavy atom. The van der Waals surface area contributed by atoms with Crippen LogP contribution in [0.5, 0.6) is 0 Å². The molecule has 0 radical (unpaired) electrons. The first-order valence-corrected chi connectivity index (χ1v) is 10.3. The summed E-state index contributed by atoms with van der Waals surface area (Å²) in [6.07, 6.45) is 0. The van der Waals surface area contributed by atoms with Crippen LogP contribution in [0.25, 0.3) is 11.1 Å². The molecule has 3 aromatic carbocycles. The van der Waals surface area contributed by atoms with E-state index in [0.717, 1.165) is 49.7 Å². The van der Waals surface area contributed by atoms with E-state index < -0.39 is 0 Å². The van der Waals surface area contributed by atoms with Crippen LogP contribution in [0.3, 0.4) is 0 Å². The van der Waals surface area contributed by atoms with Crippen LogP contribution in [-0.2, 0) is 6.54 Å². The number of hydrogen-bond acceptors (Lipinski definition) is 4. The van der Waals surface area contributed by atoms with E-state index in [1.54, 1.807) is 0 Å². The molecule has 1 fully saturated rings. The first-order chi connectivity index (χ1) is 14.4. The van der Waals surface area contributed by atoms with Crippen molar-refractivity contribution in [1.29, 1.82) is 0 Å². The molecule has 4 heteroatoms. The van der Waals surface area contributed by atoms with Crippen molar-refractivity contribution in [1.82, 2.24) is 14.8 Å². The van der Waals surface area contributed by atoms with E-state index in [1.807, 2.05) is 24.3 Å². The molecule has 2 heterocycles. The minimum Gasteiger partial charge on any atom is -0.439 e. The van der Waals surface area contributed by atoms with Crippen LogP contribution in [0.15, 0.2) is 89.3 Å². The molecule has 4 nitrogen and oxygen atoms in total. The van der Waals surface area contributed by atoms with Crippen molar-refractivity contribution < 1.29 is 4.42 Å². The number of rotatable bonds is 5. The highest BCUT2D eigenvalue weighted by molar-refractivity contribution is 5.72. The van der Waals surface area contributed by atoms with Crippen LogP contribution in [0.1, 0.15) is 23.1 Å². The van der Waals surface area contributed by atoms with Crippen molar-refractivity contribution in [3.05, 3.63) is 102 Å². The van der Waals surface area contributed by atoms with Crippen LogP contribution in [0, 0.1) is 0 Å². The summed E-state index contributed by atoms with van der Waals surface area (Å²) < 4.78 is 5.92. The smallest absolute Gasteiger partial charge is 0.209 e. The van der Waals surface area contributed by atoms with Gasteiger partial charge in [0.2, 0.25) is 5.89 Å². The summed E-state index contributed by atoms with van der Waals surface area (Å²) in [5.74, 6) is 0.808. The summed E-state index contributed by atoms with van der Waals surface area (Å²) in [6.45, 7) is 4.83. The fraction of sp³-hybridized carbons (Fsp3) is 0.240. The van der Waals surface area contributed by atoms with E-state index in [-0.39, 0.29) is 0 Å². The third-order valence-electron chi connectivity index (χ3n) is 5.70. The van der Waals surface area contributed by atoms with Gasteiger partial charge in [-0.2, -0.15) is 0 Å². The molecule has 1 saturated heterocycles. The van der Waals surface area contributed by atoms with Crippen LogP contribution in [-0.4, -0.2) is 41.0 Å². The lowest BCUT2D eigenvalue weighted by Crippen LogP contribution is -2.47. The van der Waals surface area contributed by atoms with E-state index in [9.17, 15) is 0 Å². The quantitative estimate of drug-likeness (QED) is 0.499. The summed E-state index contributed by atoms with van der Waals surface area (Å²) >= 11 is 0. The predicted molar refractivity (Wildman–Crippen MR) is 116 cm³/mol. The molecule has 0 N–H and O–H groups in total. The van der Waals surface area contributed by atoms with E-state index in [2.05, 4.69) is 75.4 Å². The Morgan fingerprint density at radius 3 is 1.93 bits per heavy atom. The van der Waals surface area contributed by atoms with Crippen molar-refractivity contribution in [2.75, 3.05) is 26.2 Å². The largest absolute Gasteiger partial charge is 0.439 e. The number of fused-ring (bicyclic) bond motifs is 1. The zero-order chi connectivity index (χ0) is 19.5. The van der Waals surface area contributed by atoms with Crippen molar-refractivity contribution in [2.45, 2.75) is 12.6 Å². The lowest BCUT2D eigenvalue weighted by Gasteiger charge is -2.39. The number of oxazole rings is 1. The highest BCUT2D eigenvalue weighted by Crippen LogP contribution is 2.29. The number of benzene rings is 3. The van der Waals surface area contributed by atoms with Crippen LogP contribution < -0.4 is 0 Å². The molecular formula is C25H25N3O. The molecule has 0 saturated carbocycles. The van der Waals surface area contributed by atoms with Gasteiger partial charge < -0.3 is 4.42 Å². The van der Waals surface area contributed by atoms with E-state index in [0.29, 0.717) is 6.04 Å². The van der Waals surface area contributed by atoms with Gasteiger partial charge in [0.15, 0.2) is 5.58 Å². The van der Waals surface area contributed by atoms with Crippen LogP contribution in [0.2, 0.25) is 0 Å². The molecule has 5 rings (SSSR count). The van der Waals surface area contributed by atoms with Gasteiger partial charge in [-0.15, -0.1) is 0 Å². The summed E-state index contributed by atoms with van der Waals surface area (Å²) in [7, 11) is 0. The Bertz CT molecular complexity index is 981. The molecular weight excluding hydrogens is 358 g/mol. The number of piperazine rings is 1. The van der Waals surface area contributed by atoms with Crippen molar-refractivity contribution >= 4 is 11.1 Å². The maximum Gasteiger partial charge on any atom is 0.209 e. The topological polar surface area (TPSA) is 32.5 Å². The van der Waals surface area contributed by atoms with Crippen LogP contribution in [0.4, 0.5) is 0 Å². The Morgan fingerprint density at radius 2 is 1.31 bits per heavy atom. The maximum absolute atomic E-state index is 5.92. The molecule has 1 aromatic heterocycles. The summed E-state index contributed by atoms with van der Waals surface area (Å²) in [5, 5.41) is 0. The maximum atomic E-state index is 5.92. The van der Waals surface area contributed by atoms with Crippen molar-refractivity contribution in [2.24, 2.45) is 0 Å². The minimum atomic E-state index is 0.295. The second kappa shape index (κ2) is 8.19. The zero-order valence-corrected chi connectivity index (χ0v) is 16.4. The molecule has 4 aromatic rings. The Kier molecular flexibility index (Phi) is 5.11. The Balaban J connectivity index is 1.30. The number of hydrogen-bond donors (Lipinski definition) is 0. The average molecular weight is 383 g/mol. The van der Waals surface area contributed by atoms with Gasteiger partial charge in [0.05, 0.1) is 12.6 Å². The van der Waals surface area contributed by atoms with Gasteiger partial charge in [-0.1, -0.05) is 72.8 Å². The summed E-state index contributed by atoms with van der Waals surface area (Å²) in [6, 6.07) is 29.9.